The first-order chi connectivity index (χ1) is 9.13. The van der Waals surface area contributed by atoms with E-state index < -0.39 is 5.41 Å². The van der Waals surface area contributed by atoms with Gasteiger partial charge < -0.3 is 15.0 Å². The number of aromatic nitrogens is 2. The maximum atomic E-state index is 12.9. The number of nitrogens with one attached hydrogen (secondary N) is 1. The van der Waals surface area contributed by atoms with E-state index in [0.717, 1.165) is 25.3 Å². The second kappa shape index (κ2) is 4.61. The molecule has 0 bridgehead atoms. The van der Waals surface area contributed by atoms with Gasteiger partial charge in [-0.2, -0.15) is 5.10 Å². The minimum absolute atomic E-state index is 0.134. The Hall–Kier alpha value is -1.40. The molecule has 0 aliphatic carbocycles. The van der Waals surface area contributed by atoms with Gasteiger partial charge in [0.15, 0.2) is 0 Å². The molecule has 3 heterocycles. The fourth-order valence-corrected chi connectivity index (χ4v) is 3.18. The summed E-state index contributed by atoms with van der Waals surface area (Å²) < 4.78 is 7.30. The van der Waals surface area contributed by atoms with Crippen molar-refractivity contribution in [2.45, 2.75) is 6.42 Å². The third-order valence-corrected chi connectivity index (χ3v) is 4.39. The van der Waals surface area contributed by atoms with Gasteiger partial charge in [0.2, 0.25) is 5.91 Å². The molecule has 3 rings (SSSR count). The molecule has 1 N–H and O–H groups in total. The third kappa shape index (κ3) is 1.95. The minimum atomic E-state index is -0.400. The van der Waals surface area contributed by atoms with Crippen LogP contribution in [0.2, 0.25) is 0 Å². The molecule has 0 radical (unpaired) electrons. The summed E-state index contributed by atoms with van der Waals surface area (Å²) in [5.41, 5.74) is 0.432. The highest BCUT2D eigenvalue weighted by molar-refractivity contribution is 5.97. The van der Waals surface area contributed by atoms with Crippen LogP contribution in [0.3, 0.4) is 0 Å². The number of hydrogen-bond donors (Lipinski definition) is 1. The van der Waals surface area contributed by atoms with Crippen molar-refractivity contribution in [3.8, 4) is 0 Å². The summed E-state index contributed by atoms with van der Waals surface area (Å²) in [6, 6.07) is 0. The van der Waals surface area contributed by atoms with Gasteiger partial charge in [-0.1, -0.05) is 0 Å². The SMILES string of the molecule is CN(C(=O)[C@]12CNC[C@H]1CCOC2)c1cnn(C)c1. The molecule has 104 valence electrons. The van der Waals surface area contributed by atoms with E-state index in [2.05, 4.69) is 10.4 Å². The smallest absolute Gasteiger partial charge is 0.236 e. The number of amides is 1. The highest BCUT2D eigenvalue weighted by atomic mass is 16.5. The summed E-state index contributed by atoms with van der Waals surface area (Å²) in [4.78, 5) is 14.6. The standard InChI is InChI=1S/C13H20N4O2/c1-16-7-11(6-15-16)17(2)12(18)13-8-14-5-10(13)3-4-19-9-13/h6-7,10,14H,3-5,8-9H2,1-2H3/t10-,13+/m1/s1. The Morgan fingerprint density at radius 2 is 2.53 bits per heavy atom. The van der Waals surface area contributed by atoms with Gasteiger partial charge in [0, 0.05) is 33.4 Å². The predicted molar refractivity (Wildman–Crippen MR) is 70.8 cm³/mol. The van der Waals surface area contributed by atoms with Crippen molar-refractivity contribution < 1.29 is 9.53 Å². The summed E-state index contributed by atoms with van der Waals surface area (Å²) in [5.74, 6) is 0.517. The number of rotatable bonds is 2. The van der Waals surface area contributed by atoms with Crippen molar-refractivity contribution in [2.24, 2.45) is 18.4 Å². The first-order valence-electron chi connectivity index (χ1n) is 6.69. The zero-order valence-electron chi connectivity index (χ0n) is 11.4. The van der Waals surface area contributed by atoms with Crippen LogP contribution >= 0.6 is 0 Å². The van der Waals surface area contributed by atoms with Crippen LogP contribution < -0.4 is 10.2 Å². The monoisotopic (exact) mass is 264 g/mol. The molecule has 0 saturated carbocycles. The van der Waals surface area contributed by atoms with Gasteiger partial charge in [-0.15, -0.1) is 0 Å². The van der Waals surface area contributed by atoms with Gasteiger partial charge in [0.05, 0.1) is 23.9 Å². The van der Waals surface area contributed by atoms with Crippen LogP contribution in [0.15, 0.2) is 12.4 Å². The Labute approximate surface area is 112 Å². The van der Waals surface area contributed by atoms with E-state index in [4.69, 9.17) is 4.74 Å². The number of carbonyl (C=O) groups excluding carboxylic acids is 1. The molecular formula is C13H20N4O2. The van der Waals surface area contributed by atoms with Crippen LogP contribution in [0.5, 0.6) is 0 Å². The van der Waals surface area contributed by atoms with Crippen molar-refractivity contribution in [2.75, 3.05) is 38.3 Å². The molecule has 1 aromatic heterocycles. The summed E-state index contributed by atoms with van der Waals surface area (Å²) >= 11 is 0. The number of carbonyl (C=O) groups is 1. The molecule has 6 heteroatoms. The zero-order valence-corrected chi connectivity index (χ0v) is 11.4. The summed E-state index contributed by atoms with van der Waals surface area (Å²) in [6.45, 7) is 2.91. The third-order valence-electron chi connectivity index (χ3n) is 4.39. The van der Waals surface area contributed by atoms with Crippen molar-refractivity contribution >= 4 is 11.6 Å². The van der Waals surface area contributed by atoms with Crippen molar-refractivity contribution in [1.29, 1.82) is 0 Å². The first kappa shape index (κ1) is 12.6. The lowest BCUT2D eigenvalue weighted by molar-refractivity contribution is -0.138. The van der Waals surface area contributed by atoms with E-state index in [0.29, 0.717) is 19.1 Å². The van der Waals surface area contributed by atoms with Gasteiger partial charge in [-0.3, -0.25) is 9.48 Å². The van der Waals surface area contributed by atoms with Crippen LogP contribution in [-0.4, -0.2) is 49.0 Å². The van der Waals surface area contributed by atoms with Crippen molar-refractivity contribution in [3.63, 3.8) is 0 Å². The Morgan fingerprint density at radius 3 is 3.26 bits per heavy atom. The molecule has 1 amide bonds. The average molecular weight is 264 g/mol. The molecule has 0 spiro atoms. The fourth-order valence-electron chi connectivity index (χ4n) is 3.18. The van der Waals surface area contributed by atoms with Gasteiger partial charge in [0.25, 0.3) is 0 Å². The van der Waals surface area contributed by atoms with Gasteiger partial charge >= 0.3 is 0 Å². The second-order valence-electron chi connectivity index (χ2n) is 5.56. The lowest BCUT2D eigenvalue weighted by atomic mass is 9.74. The lowest BCUT2D eigenvalue weighted by Crippen LogP contribution is -2.52. The number of nitrogens with zero attached hydrogens (tertiary/aromatic N) is 3. The van der Waals surface area contributed by atoms with Gasteiger partial charge in [-0.25, -0.2) is 0 Å². The van der Waals surface area contributed by atoms with E-state index >= 15 is 0 Å². The second-order valence-corrected chi connectivity index (χ2v) is 5.56. The van der Waals surface area contributed by atoms with Crippen LogP contribution in [0.4, 0.5) is 5.69 Å². The maximum absolute atomic E-state index is 12.9. The van der Waals surface area contributed by atoms with Crippen LogP contribution in [0.25, 0.3) is 0 Å². The molecule has 2 saturated heterocycles. The molecule has 2 fully saturated rings. The van der Waals surface area contributed by atoms with Crippen LogP contribution in [0.1, 0.15) is 6.42 Å². The Balaban J connectivity index is 1.86. The van der Waals surface area contributed by atoms with E-state index in [1.807, 2.05) is 20.3 Å². The molecule has 6 nitrogen and oxygen atoms in total. The van der Waals surface area contributed by atoms with E-state index in [1.165, 1.54) is 0 Å². The number of anilines is 1. The van der Waals surface area contributed by atoms with Crippen molar-refractivity contribution in [1.82, 2.24) is 15.1 Å². The largest absolute Gasteiger partial charge is 0.380 e. The molecule has 2 aliphatic heterocycles. The summed E-state index contributed by atoms with van der Waals surface area (Å²) in [7, 11) is 3.67. The van der Waals surface area contributed by atoms with Crippen LogP contribution in [-0.2, 0) is 16.6 Å². The molecule has 0 unspecified atom stereocenters. The van der Waals surface area contributed by atoms with Crippen LogP contribution in [0, 0.1) is 11.3 Å². The minimum Gasteiger partial charge on any atom is -0.380 e. The number of fused-ring (bicyclic) bond motifs is 1. The molecule has 2 aliphatic rings. The molecule has 2 atom stereocenters. The normalized spacial score (nSPS) is 30.1. The van der Waals surface area contributed by atoms with Gasteiger partial charge in [-0.05, 0) is 18.9 Å². The quantitative estimate of drug-likeness (QED) is 0.817. The predicted octanol–water partition coefficient (Wildman–Crippen LogP) is 0.00900. The molecular weight excluding hydrogens is 244 g/mol. The first-order valence-corrected chi connectivity index (χ1v) is 6.69. The fraction of sp³-hybridized carbons (Fsp3) is 0.692. The van der Waals surface area contributed by atoms with E-state index in [1.54, 1.807) is 15.8 Å². The Kier molecular flexibility index (Phi) is 3.06. The van der Waals surface area contributed by atoms with Crippen molar-refractivity contribution in [3.05, 3.63) is 12.4 Å². The zero-order chi connectivity index (χ0) is 13.5. The highest BCUT2D eigenvalue weighted by Gasteiger charge is 2.52. The molecule has 0 aromatic carbocycles. The average Bonchev–Trinajstić information content (AvgIpc) is 3.03. The number of aryl methyl sites for hydroxylation is 1. The van der Waals surface area contributed by atoms with E-state index in [-0.39, 0.29) is 5.91 Å². The molecule has 19 heavy (non-hydrogen) atoms. The van der Waals surface area contributed by atoms with E-state index in [9.17, 15) is 4.79 Å². The summed E-state index contributed by atoms with van der Waals surface area (Å²) in [5, 5.41) is 7.47. The highest BCUT2D eigenvalue weighted by Crippen LogP contribution is 2.39. The number of ether oxygens (including phenoxy) is 1. The topological polar surface area (TPSA) is 59.4 Å². The lowest BCUT2D eigenvalue weighted by Gasteiger charge is -2.39. The Bertz CT molecular complexity index is 487. The summed E-state index contributed by atoms with van der Waals surface area (Å²) in [6.07, 6.45) is 4.53. The maximum Gasteiger partial charge on any atom is 0.236 e. The Morgan fingerprint density at radius 1 is 1.68 bits per heavy atom. The molecule has 1 aromatic rings. The number of hydrogen-bond acceptors (Lipinski definition) is 4. The van der Waals surface area contributed by atoms with Gasteiger partial charge in [0.1, 0.15) is 0 Å².